The molecule has 29 heavy (non-hydrogen) atoms. The summed E-state index contributed by atoms with van der Waals surface area (Å²) in [6, 6.07) is 18.2. The predicted octanol–water partition coefficient (Wildman–Crippen LogP) is 3.83. The number of nitrogens with one attached hydrogen (secondary N) is 1. The number of carbonyl (C=O) groups excluding carboxylic acids is 1. The number of benzene rings is 2. The molecule has 4 aromatic rings. The van der Waals surface area contributed by atoms with E-state index in [9.17, 15) is 4.79 Å². The zero-order chi connectivity index (χ0) is 19.6. The van der Waals surface area contributed by atoms with Crippen molar-refractivity contribution in [2.24, 2.45) is 0 Å². The number of fused-ring (bicyclic) bond motifs is 1. The highest BCUT2D eigenvalue weighted by atomic mass is 16.2. The minimum atomic E-state index is -0.0210. The topological polar surface area (TPSA) is 66.8 Å². The molecule has 0 radical (unpaired) electrons. The number of amides is 1. The van der Waals surface area contributed by atoms with Gasteiger partial charge in [0.25, 0.3) is 5.91 Å². The van der Waals surface area contributed by atoms with Crippen LogP contribution < -0.4 is 0 Å². The second-order valence-electron chi connectivity index (χ2n) is 7.57. The van der Waals surface area contributed by atoms with Gasteiger partial charge in [-0.2, -0.15) is 0 Å². The maximum absolute atomic E-state index is 12.9. The van der Waals surface area contributed by atoms with E-state index in [4.69, 9.17) is 0 Å². The van der Waals surface area contributed by atoms with Crippen molar-refractivity contribution in [1.82, 2.24) is 24.4 Å². The molecule has 2 aromatic heterocycles. The first-order chi connectivity index (χ1) is 14.3. The molecule has 1 aliphatic heterocycles. The average Bonchev–Trinajstić information content (AvgIpc) is 3.41. The second kappa shape index (κ2) is 7.54. The number of rotatable bonds is 4. The quantitative estimate of drug-likeness (QED) is 0.581. The van der Waals surface area contributed by atoms with Crippen molar-refractivity contribution in [3.63, 3.8) is 0 Å². The number of hydrogen-bond acceptors (Lipinski definition) is 3. The van der Waals surface area contributed by atoms with Crippen LogP contribution in [0.4, 0.5) is 0 Å². The van der Waals surface area contributed by atoms with Crippen LogP contribution in [0.5, 0.6) is 0 Å². The number of para-hydroxylation sites is 2. The number of piperidine rings is 1. The summed E-state index contributed by atoms with van der Waals surface area (Å²) in [5, 5.41) is 0. The van der Waals surface area contributed by atoms with Gasteiger partial charge in [0.15, 0.2) is 5.82 Å². The molecular formula is C23H23N5O. The van der Waals surface area contributed by atoms with Gasteiger partial charge in [0.1, 0.15) is 5.82 Å². The number of aromatic amines is 1. The highest BCUT2D eigenvalue weighted by molar-refractivity contribution is 5.94. The molecule has 0 aliphatic carbocycles. The average molecular weight is 385 g/mol. The number of nitrogens with zero attached hydrogens (tertiary/aromatic N) is 4. The van der Waals surface area contributed by atoms with E-state index < -0.39 is 0 Å². The SMILES string of the molecule is O=C(c1nc2ccccc2[nH]1)N1CCC(c2nccn2Cc2ccccc2)CC1. The summed E-state index contributed by atoms with van der Waals surface area (Å²) in [4.78, 5) is 27.0. The van der Waals surface area contributed by atoms with Gasteiger partial charge >= 0.3 is 0 Å². The molecule has 1 N–H and O–H groups in total. The Morgan fingerprint density at radius 2 is 1.79 bits per heavy atom. The third-order valence-electron chi connectivity index (χ3n) is 5.68. The molecule has 1 amide bonds. The van der Waals surface area contributed by atoms with E-state index in [1.165, 1.54) is 5.56 Å². The minimum Gasteiger partial charge on any atom is -0.336 e. The van der Waals surface area contributed by atoms with Crippen LogP contribution in [-0.2, 0) is 6.54 Å². The van der Waals surface area contributed by atoms with Gasteiger partial charge in [-0.05, 0) is 30.5 Å². The van der Waals surface area contributed by atoms with Gasteiger partial charge in [-0.1, -0.05) is 42.5 Å². The van der Waals surface area contributed by atoms with E-state index in [0.717, 1.165) is 49.3 Å². The number of imidazole rings is 2. The van der Waals surface area contributed by atoms with Gasteiger partial charge in [0.05, 0.1) is 11.0 Å². The molecular weight excluding hydrogens is 362 g/mol. The first kappa shape index (κ1) is 17.7. The Labute approximate surface area is 169 Å². The molecule has 1 fully saturated rings. The summed E-state index contributed by atoms with van der Waals surface area (Å²) in [6.45, 7) is 2.27. The monoisotopic (exact) mass is 385 g/mol. The largest absolute Gasteiger partial charge is 0.336 e. The van der Waals surface area contributed by atoms with Crippen LogP contribution in [0.1, 0.15) is 40.8 Å². The van der Waals surface area contributed by atoms with Crippen molar-refractivity contribution in [2.75, 3.05) is 13.1 Å². The zero-order valence-electron chi connectivity index (χ0n) is 16.2. The lowest BCUT2D eigenvalue weighted by Gasteiger charge is -2.31. The summed E-state index contributed by atoms with van der Waals surface area (Å²) in [5.41, 5.74) is 2.99. The molecule has 2 aromatic carbocycles. The van der Waals surface area contributed by atoms with E-state index in [1.54, 1.807) is 0 Å². The van der Waals surface area contributed by atoms with E-state index >= 15 is 0 Å². The van der Waals surface area contributed by atoms with Crippen LogP contribution in [0.15, 0.2) is 67.0 Å². The van der Waals surface area contributed by atoms with Crippen molar-refractivity contribution in [3.8, 4) is 0 Å². The van der Waals surface area contributed by atoms with Gasteiger partial charge in [-0.15, -0.1) is 0 Å². The van der Waals surface area contributed by atoms with Crippen molar-refractivity contribution >= 4 is 16.9 Å². The normalized spacial score (nSPS) is 15.1. The summed E-state index contributed by atoms with van der Waals surface area (Å²) >= 11 is 0. The Morgan fingerprint density at radius 1 is 1.03 bits per heavy atom. The standard InChI is InChI=1S/C23H23N5O/c29-23(21-25-19-8-4-5-9-20(19)26-21)27-13-10-18(11-14-27)22-24-12-15-28(22)16-17-6-2-1-3-7-17/h1-9,12,15,18H,10-11,13-14,16H2,(H,25,26). The summed E-state index contributed by atoms with van der Waals surface area (Å²) in [6.07, 6.45) is 5.76. The molecule has 6 nitrogen and oxygen atoms in total. The van der Waals surface area contributed by atoms with E-state index in [1.807, 2.05) is 47.6 Å². The summed E-state index contributed by atoms with van der Waals surface area (Å²) in [5.74, 6) is 1.89. The van der Waals surface area contributed by atoms with Gasteiger partial charge in [0, 0.05) is 37.9 Å². The fraction of sp³-hybridized carbons (Fsp3) is 0.261. The third kappa shape index (κ3) is 3.53. The zero-order valence-corrected chi connectivity index (χ0v) is 16.2. The molecule has 0 saturated carbocycles. The van der Waals surface area contributed by atoms with Gasteiger partial charge in [-0.3, -0.25) is 4.79 Å². The minimum absolute atomic E-state index is 0.0210. The van der Waals surface area contributed by atoms with Crippen LogP contribution >= 0.6 is 0 Å². The summed E-state index contributed by atoms with van der Waals surface area (Å²) in [7, 11) is 0. The van der Waals surface area contributed by atoms with E-state index in [2.05, 4.69) is 43.8 Å². The predicted molar refractivity (Wildman–Crippen MR) is 112 cm³/mol. The lowest BCUT2D eigenvalue weighted by atomic mass is 9.95. The number of H-pyrrole nitrogens is 1. The first-order valence-electron chi connectivity index (χ1n) is 10.1. The van der Waals surface area contributed by atoms with E-state index in [0.29, 0.717) is 11.7 Å². The molecule has 1 aliphatic rings. The lowest BCUT2D eigenvalue weighted by molar-refractivity contribution is 0.0699. The molecule has 5 rings (SSSR count). The Morgan fingerprint density at radius 3 is 2.59 bits per heavy atom. The Kier molecular flexibility index (Phi) is 4.60. The molecule has 6 heteroatoms. The maximum atomic E-state index is 12.9. The molecule has 3 heterocycles. The molecule has 0 spiro atoms. The van der Waals surface area contributed by atoms with Gasteiger partial charge < -0.3 is 14.5 Å². The second-order valence-corrected chi connectivity index (χ2v) is 7.57. The van der Waals surface area contributed by atoms with Crippen molar-refractivity contribution in [3.05, 3.63) is 84.2 Å². The smallest absolute Gasteiger partial charge is 0.289 e. The molecule has 146 valence electrons. The number of aromatic nitrogens is 4. The molecule has 1 saturated heterocycles. The van der Waals surface area contributed by atoms with Crippen molar-refractivity contribution < 1.29 is 4.79 Å². The number of hydrogen-bond donors (Lipinski definition) is 1. The number of carbonyl (C=O) groups is 1. The Hall–Kier alpha value is -3.41. The molecule has 0 unspecified atom stereocenters. The first-order valence-corrected chi connectivity index (χ1v) is 10.1. The molecule has 0 bridgehead atoms. The highest BCUT2D eigenvalue weighted by Crippen LogP contribution is 2.28. The van der Waals surface area contributed by atoms with E-state index in [-0.39, 0.29) is 5.91 Å². The van der Waals surface area contributed by atoms with Crippen LogP contribution in [-0.4, -0.2) is 43.4 Å². The Bertz CT molecular complexity index is 1090. The highest BCUT2D eigenvalue weighted by Gasteiger charge is 2.28. The lowest BCUT2D eigenvalue weighted by Crippen LogP contribution is -2.38. The maximum Gasteiger partial charge on any atom is 0.289 e. The van der Waals surface area contributed by atoms with Crippen molar-refractivity contribution in [2.45, 2.75) is 25.3 Å². The fourth-order valence-corrected chi connectivity index (χ4v) is 4.14. The van der Waals surface area contributed by atoms with Crippen LogP contribution in [0.2, 0.25) is 0 Å². The van der Waals surface area contributed by atoms with Crippen LogP contribution in [0.25, 0.3) is 11.0 Å². The number of likely N-dealkylation sites (tertiary alicyclic amines) is 1. The fourth-order valence-electron chi connectivity index (χ4n) is 4.14. The van der Waals surface area contributed by atoms with Gasteiger partial charge in [-0.25, -0.2) is 9.97 Å². The van der Waals surface area contributed by atoms with Crippen molar-refractivity contribution in [1.29, 1.82) is 0 Å². The van der Waals surface area contributed by atoms with Crippen LogP contribution in [0.3, 0.4) is 0 Å². The molecule has 0 atom stereocenters. The van der Waals surface area contributed by atoms with Crippen LogP contribution in [0, 0.1) is 0 Å². The van der Waals surface area contributed by atoms with Gasteiger partial charge in [0.2, 0.25) is 0 Å². The third-order valence-corrected chi connectivity index (χ3v) is 5.68. The summed E-state index contributed by atoms with van der Waals surface area (Å²) < 4.78 is 2.23. The Balaban J connectivity index is 1.26.